The fraction of sp³-hybridized carbons (Fsp3) is 0.357. The lowest BCUT2D eigenvalue weighted by Gasteiger charge is -2.41. The third kappa shape index (κ3) is 4.93. The number of halogens is 1. The quantitative estimate of drug-likeness (QED) is 0.409. The lowest BCUT2D eigenvalue weighted by Crippen LogP contribution is -3.20. The molecule has 3 aromatic heterocycles. The zero-order chi connectivity index (χ0) is 25.4. The van der Waals surface area contributed by atoms with Crippen molar-refractivity contribution in [1.82, 2.24) is 24.9 Å². The Morgan fingerprint density at radius 3 is 2.76 bits per heavy atom. The molecule has 7 nitrogen and oxygen atoms in total. The first-order valence-electron chi connectivity index (χ1n) is 12.8. The molecule has 2 fully saturated rings. The highest BCUT2D eigenvalue weighted by Gasteiger charge is 2.50. The van der Waals surface area contributed by atoms with Crippen molar-refractivity contribution in [3.05, 3.63) is 99.5 Å². The molecule has 6 rings (SSSR count). The summed E-state index contributed by atoms with van der Waals surface area (Å²) in [4.78, 5) is 20.9. The molecule has 2 bridgehead atoms. The Morgan fingerprint density at radius 2 is 2.03 bits per heavy atom. The van der Waals surface area contributed by atoms with Crippen LogP contribution in [-0.4, -0.2) is 56.0 Å². The van der Waals surface area contributed by atoms with Crippen molar-refractivity contribution in [3.8, 4) is 0 Å². The van der Waals surface area contributed by atoms with E-state index in [2.05, 4.69) is 32.1 Å². The average Bonchev–Trinajstić information content (AvgIpc) is 3.63. The summed E-state index contributed by atoms with van der Waals surface area (Å²) in [5.41, 5.74) is 4.66. The van der Waals surface area contributed by atoms with Crippen molar-refractivity contribution in [2.45, 2.75) is 50.9 Å². The first-order valence-corrected chi connectivity index (χ1v) is 13.7. The van der Waals surface area contributed by atoms with Crippen LogP contribution in [0.2, 0.25) is 0 Å². The van der Waals surface area contributed by atoms with E-state index in [9.17, 15) is 9.18 Å². The molecule has 2 aliphatic heterocycles. The van der Waals surface area contributed by atoms with Gasteiger partial charge in [0.25, 0.3) is 5.91 Å². The summed E-state index contributed by atoms with van der Waals surface area (Å²) in [6.45, 7) is 4.02. The topological polar surface area (TPSA) is 68.3 Å². The number of aryl methyl sites for hydroxylation is 3. The number of nitrogens with one attached hydrogen (secondary N) is 1. The number of carbonyl (C=O) groups is 1. The van der Waals surface area contributed by atoms with Crippen LogP contribution in [0.5, 0.6) is 0 Å². The van der Waals surface area contributed by atoms with Gasteiger partial charge in [-0.15, -0.1) is 5.10 Å². The van der Waals surface area contributed by atoms with Crippen molar-refractivity contribution in [2.24, 2.45) is 0 Å². The fourth-order valence-corrected chi connectivity index (χ4v) is 6.72. The monoisotopic (exact) mass is 517 g/mol. The Kier molecular flexibility index (Phi) is 6.56. The molecule has 1 unspecified atom stereocenters. The zero-order valence-electron chi connectivity index (χ0n) is 20.8. The van der Waals surface area contributed by atoms with Gasteiger partial charge >= 0.3 is 0 Å². The molecule has 5 heterocycles. The standard InChI is InChI=1S/C28H29FN6OS/c1-19-11-22(14-30-13-19)28(36)33-15-24-5-6-25(16-33)35(24)27(21-3-2-4-23(29)12-21)26-17-34(32-31-26)9-7-20-8-10-37-18-20/h2-4,8,10-14,17-18,24-25,27H,5-7,9,15-16H2,1H3/p+1/t24-,25+,27-/m0/s1. The highest BCUT2D eigenvalue weighted by Crippen LogP contribution is 2.26. The van der Waals surface area contributed by atoms with E-state index < -0.39 is 0 Å². The zero-order valence-corrected chi connectivity index (χ0v) is 21.6. The minimum Gasteiger partial charge on any atom is -0.327 e. The lowest BCUT2D eigenvalue weighted by atomic mass is 9.98. The van der Waals surface area contributed by atoms with E-state index in [1.807, 2.05) is 34.8 Å². The number of thiophene rings is 1. The summed E-state index contributed by atoms with van der Waals surface area (Å²) >= 11 is 1.70. The van der Waals surface area contributed by atoms with E-state index in [0.717, 1.165) is 42.6 Å². The van der Waals surface area contributed by atoms with E-state index in [1.165, 1.54) is 16.5 Å². The molecule has 1 amide bonds. The molecule has 190 valence electrons. The molecule has 1 N–H and O–H groups in total. The molecule has 9 heteroatoms. The molecular formula is C28H30FN6OS+. The third-order valence-corrected chi connectivity index (χ3v) is 8.41. The second-order valence-electron chi connectivity index (χ2n) is 10.2. The van der Waals surface area contributed by atoms with E-state index in [0.29, 0.717) is 18.7 Å². The highest BCUT2D eigenvalue weighted by molar-refractivity contribution is 7.07. The minimum atomic E-state index is -0.250. The number of rotatable bonds is 7. The molecular weight excluding hydrogens is 487 g/mol. The van der Waals surface area contributed by atoms with E-state index >= 15 is 0 Å². The van der Waals surface area contributed by atoms with Crippen LogP contribution in [0.15, 0.2) is 65.7 Å². The first kappa shape index (κ1) is 23.9. The normalized spacial score (nSPS) is 21.8. The van der Waals surface area contributed by atoms with Crippen molar-refractivity contribution in [1.29, 1.82) is 0 Å². The Hall–Kier alpha value is -3.43. The van der Waals surface area contributed by atoms with Gasteiger partial charge in [-0.25, -0.2) is 4.39 Å². The van der Waals surface area contributed by atoms with Gasteiger partial charge in [0.2, 0.25) is 0 Å². The number of nitrogens with zero attached hydrogens (tertiary/aromatic N) is 5. The van der Waals surface area contributed by atoms with Gasteiger partial charge in [0.1, 0.15) is 23.6 Å². The van der Waals surface area contributed by atoms with Crippen molar-refractivity contribution in [3.63, 3.8) is 0 Å². The predicted molar refractivity (Wildman–Crippen MR) is 139 cm³/mol. The van der Waals surface area contributed by atoms with Crippen LogP contribution in [0.25, 0.3) is 0 Å². The maximum atomic E-state index is 14.4. The summed E-state index contributed by atoms with van der Waals surface area (Å²) in [5, 5.41) is 13.3. The molecule has 0 saturated carbocycles. The first-order chi connectivity index (χ1) is 18.0. The van der Waals surface area contributed by atoms with Crippen LogP contribution in [0, 0.1) is 12.7 Å². The van der Waals surface area contributed by atoms with Crippen molar-refractivity contribution < 1.29 is 14.1 Å². The minimum absolute atomic E-state index is 0.0360. The predicted octanol–water partition coefficient (Wildman–Crippen LogP) is 3.09. The van der Waals surface area contributed by atoms with Crippen LogP contribution < -0.4 is 4.90 Å². The molecule has 2 saturated heterocycles. The van der Waals surface area contributed by atoms with Gasteiger partial charge in [-0.1, -0.05) is 17.3 Å². The van der Waals surface area contributed by atoms with Crippen LogP contribution in [0.3, 0.4) is 0 Å². The SMILES string of the molecule is Cc1cncc(C(=O)N2C[C@H]3CC[C@@H](C2)[NH+]3[C@@H](c2cccc(F)c2)c2cn(CCc3ccsc3)nn2)c1. The number of hydrogen-bond donors (Lipinski definition) is 1. The number of carbonyl (C=O) groups excluding carboxylic acids is 1. The molecule has 0 radical (unpaired) electrons. The van der Waals surface area contributed by atoms with Crippen molar-refractivity contribution >= 4 is 17.2 Å². The lowest BCUT2D eigenvalue weighted by molar-refractivity contribution is -0.964. The summed E-state index contributed by atoms with van der Waals surface area (Å²) in [7, 11) is 0. The maximum absolute atomic E-state index is 14.4. The fourth-order valence-electron chi connectivity index (χ4n) is 6.01. The van der Waals surface area contributed by atoms with Gasteiger partial charge < -0.3 is 9.80 Å². The van der Waals surface area contributed by atoms with Gasteiger partial charge in [0.15, 0.2) is 6.04 Å². The number of fused-ring (bicyclic) bond motifs is 2. The number of quaternary nitrogens is 1. The number of aromatic nitrogens is 4. The Balaban J connectivity index is 1.27. The second-order valence-corrected chi connectivity index (χ2v) is 11.0. The largest absolute Gasteiger partial charge is 0.327 e. The van der Waals surface area contributed by atoms with Gasteiger partial charge in [0, 0.05) is 37.3 Å². The summed E-state index contributed by atoms with van der Waals surface area (Å²) in [5.74, 6) is -0.214. The molecule has 4 aromatic rings. The molecule has 1 aromatic carbocycles. The summed E-state index contributed by atoms with van der Waals surface area (Å²) in [6, 6.07) is 11.2. The molecule has 0 spiro atoms. The Labute approximate surface area is 219 Å². The number of likely N-dealkylation sites (tertiary alicyclic amines) is 1. The van der Waals surface area contributed by atoms with E-state index in [1.54, 1.807) is 35.9 Å². The van der Waals surface area contributed by atoms with Gasteiger partial charge in [-0.3, -0.25) is 14.5 Å². The summed E-state index contributed by atoms with van der Waals surface area (Å²) in [6.07, 6.45) is 8.37. The second kappa shape index (κ2) is 10.1. The van der Waals surface area contributed by atoms with Crippen LogP contribution in [0.1, 0.15) is 51.6 Å². The number of hydrogen-bond acceptors (Lipinski definition) is 5. The number of benzene rings is 1. The highest BCUT2D eigenvalue weighted by atomic mass is 32.1. The van der Waals surface area contributed by atoms with Crippen molar-refractivity contribution in [2.75, 3.05) is 13.1 Å². The van der Waals surface area contributed by atoms with Crippen LogP contribution >= 0.6 is 11.3 Å². The number of pyridine rings is 1. The van der Waals surface area contributed by atoms with Crippen LogP contribution in [0.4, 0.5) is 4.39 Å². The molecule has 37 heavy (non-hydrogen) atoms. The van der Waals surface area contributed by atoms with E-state index in [4.69, 9.17) is 0 Å². The Morgan fingerprint density at radius 1 is 1.19 bits per heavy atom. The van der Waals surface area contributed by atoms with E-state index in [-0.39, 0.29) is 29.8 Å². The summed E-state index contributed by atoms with van der Waals surface area (Å²) < 4.78 is 16.3. The maximum Gasteiger partial charge on any atom is 0.255 e. The molecule has 2 aliphatic rings. The molecule has 4 atom stereocenters. The number of amides is 1. The third-order valence-electron chi connectivity index (χ3n) is 7.67. The van der Waals surface area contributed by atoms with Crippen LogP contribution in [-0.2, 0) is 13.0 Å². The molecule has 0 aliphatic carbocycles. The van der Waals surface area contributed by atoms with Gasteiger partial charge in [0.05, 0.1) is 24.8 Å². The number of piperazine rings is 1. The Bertz CT molecular complexity index is 1370. The van der Waals surface area contributed by atoms with Gasteiger partial charge in [-0.2, -0.15) is 11.3 Å². The smallest absolute Gasteiger partial charge is 0.255 e. The van der Waals surface area contributed by atoms with Gasteiger partial charge in [-0.05, 0) is 59.5 Å². The average molecular weight is 518 g/mol.